The maximum absolute atomic E-state index is 12.7. The summed E-state index contributed by atoms with van der Waals surface area (Å²) >= 11 is 0. The topological polar surface area (TPSA) is 49.9 Å². The Morgan fingerprint density at radius 2 is 1.95 bits per heavy atom. The lowest BCUT2D eigenvalue weighted by molar-refractivity contribution is -0.171. The molecule has 2 unspecified atom stereocenters. The Morgan fingerprint density at radius 3 is 2.65 bits per heavy atom. The minimum absolute atomic E-state index is 0.133. The van der Waals surface area contributed by atoms with E-state index in [-0.39, 0.29) is 36.0 Å². The molecule has 0 N–H and O–H groups in total. The molecule has 0 aromatic heterocycles. The van der Waals surface area contributed by atoms with Gasteiger partial charge < -0.3 is 14.5 Å². The van der Waals surface area contributed by atoms with Crippen molar-refractivity contribution in [2.75, 3.05) is 13.2 Å². The van der Waals surface area contributed by atoms with Crippen LogP contribution in [0.5, 0.6) is 0 Å². The number of hydrogen-bond acceptors (Lipinski definition) is 3. The molecule has 2 aliphatic heterocycles. The summed E-state index contributed by atoms with van der Waals surface area (Å²) in [5.41, 5.74) is 0. The van der Waals surface area contributed by atoms with Gasteiger partial charge in [0, 0.05) is 19.2 Å². The summed E-state index contributed by atoms with van der Waals surface area (Å²) in [6.07, 6.45) is 4.93. The molecule has 3 rings (SSSR count). The van der Waals surface area contributed by atoms with Crippen molar-refractivity contribution in [2.45, 2.75) is 70.2 Å². The van der Waals surface area contributed by atoms with Gasteiger partial charge in [-0.3, -0.25) is 9.59 Å². The van der Waals surface area contributed by atoms with Gasteiger partial charge in [0.2, 0.25) is 11.8 Å². The van der Waals surface area contributed by atoms with Crippen LogP contribution in [0.25, 0.3) is 0 Å². The number of carbonyl (C=O) groups excluding carboxylic acids is 2. The second-order valence-corrected chi connectivity index (χ2v) is 6.17. The summed E-state index contributed by atoms with van der Waals surface area (Å²) in [6.45, 7) is 5.33. The molecular formula is C15H24N2O3. The van der Waals surface area contributed by atoms with Crippen LogP contribution in [-0.2, 0) is 14.3 Å². The summed E-state index contributed by atoms with van der Waals surface area (Å²) in [4.78, 5) is 28.8. The molecule has 1 aliphatic carbocycles. The third-order valence-electron chi connectivity index (χ3n) is 4.97. The summed E-state index contributed by atoms with van der Waals surface area (Å²) in [7, 11) is 0. The van der Waals surface area contributed by atoms with Crippen molar-refractivity contribution in [3.8, 4) is 0 Å². The molecule has 0 aromatic carbocycles. The van der Waals surface area contributed by atoms with Crippen LogP contribution in [0.15, 0.2) is 0 Å². The lowest BCUT2D eigenvalue weighted by Crippen LogP contribution is -2.68. The third kappa shape index (κ3) is 2.12. The highest BCUT2D eigenvalue weighted by molar-refractivity contribution is 5.97. The molecule has 2 saturated heterocycles. The average Bonchev–Trinajstić information content (AvgIpc) is 2.42. The number of nitrogens with zero attached hydrogens (tertiary/aromatic N) is 2. The van der Waals surface area contributed by atoms with Gasteiger partial charge in [-0.05, 0) is 46.0 Å². The second kappa shape index (κ2) is 5.35. The third-order valence-corrected chi connectivity index (χ3v) is 4.97. The molecule has 2 amide bonds. The molecule has 20 heavy (non-hydrogen) atoms. The molecule has 2 atom stereocenters. The Hall–Kier alpha value is -1.10. The minimum atomic E-state index is -0.301. The van der Waals surface area contributed by atoms with E-state index in [2.05, 4.69) is 0 Å². The van der Waals surface area contributed by atoms with Crippen LogP contribution in [0, 0.1) is 0 Å². The summed E-state index contributed by atoms with van der Waals surface area (Å²) in [5.74, 6) is 0.297. The summed E-state index contributed by atoms with van der Waals surface area (Å²) < 4.78 is 5.57. The maximum atomic E-state index is 12.7. The fourth-order valence-corrected chi connectivity index (χ4v) is 3.81. The number of amides is 2. The first-order valence-corrected chi connectivity index (χ1v) is 7.87. The number of fused-ring (bicyclic) bond motifs is 1. The van der Waals surface area contributed by atoms with Gasteiger partial charge in [-0.15, -0.1) is 0 Å². The quantitative estimate of drug-likeness (QED) is 0.779. The van der Waals surface area contributed by atoms with Crippen molar-refractivity contribution in [1.29, 1.82) is 0 Å². The molecule has 0 aromatic rings. The summed E-state index contributed by atoms with van der Waals surface area (Å²) in [5, 5.41) is 0. The Kier molecular flexibility index (Phi) is 3.71. The molecule has 112 valence electrons. The minimum Gasteiger partial charge on any atom is -0.378 e. The van der Waals surface area contributed by atoms with Gasteiger partial charge in [-0.2, -0.15) is 0 Å². The van der Waals surface area contributed by atoms with Gasteiger partial charge in [-0.25, -0.2) is 0 Å². The number of hydrogen-bond donors (Lipinski definition) is 0. The van der Waals surface area contributed by atoms with E-state index < -0.39 is 0 Å². The standard InChI is InChI=1S/C15H24N2O3/c1-3-20-12-8-11(9-12)17-10(2)14(18)16-7-5-4-6-13(16)15(17)19/h10-13H,3-9H2,1-2H3. The molecule has 1 saturated carbocycles. The van der Waals surface area contributed by atoms with Gasteiger partial charge in [0.15, 0.2) is 0 Å². The van der Waals surface area contributed by atoms with Crippen LogP contribution in [0.2, 0.25) is 0 Å². The van der Waals surface area contributed by atoms with E-state index in [1.54, 1.807) is 0 Å². The first-order chi connectivity index (χ1) is 9.63. The van der Waals surface area contributed by atoms with Gasteiger partial charge in [-0.1, -0.05) is 0 Å². The van der Waals surface area contributed by atoms with Crippen molar-refractivity contribution in [3.05, 3.63) is 0 Å². The van der Waals surface area contributed by atoms with Crippen LogP contribution >= 0.6 is 0 Å². The van der Waals surface area contributed by atoms with Gasteiger partial charge in [0.1, 0.15) is 12.1 Å². The van der Waals surface area contributed by atoms with E-state index in [1.807, 2.05) is 23.6 Å². The van der Waals surface area contributed by atoms with Crippen LogP contribution in [-0.4, -0.2) is 59.0 Å². The molecule has 0 spiro atoms. The molecule has 0 bridgehead atoms. The van der Waals surface area contributed by atoms with E-state index in [9.17, 15) is 9.59 Å². The molecule has 3 fully saturated rings. The van der Waals surface area contributed by atoms with Crippen LogP contribution in [0.1, 0.15) is 46.0 Å². The zero-order valence-corrected chi connectivity index (χ0v) is 12.4. The van der Waals surface area contributed by atoms with Gasteiger partial charge >= 0.3 is 0 Å². The van der Waals surface area contributed by atoms with Crippen molar-refractivity contribution in [2.24, 2.45) is 0 Å². The van der Waals surface area contributed by atoms with Crippen molar-refractivity contribution in [1.82, 2.24) is 9.80 Å². The monoisotopic (exact) mass is 280 g/mol. The first-order valence-electron chi connectivity index (χ1n) is 7.87. The highest BCUT2D eigenvalue weighted by Gasteiger charge is 2.49. The SMILES string of the molecule is CCOC1CC(N2C(=O)C3CCCCN3C(=O)C2C)C1. The number of ether oxygens (including phenoxy) is 1. The fourth-order valence-electron chi connectivity index (χ4n) is 3.81. The predicted octanol–water partition coefficient (Wildman–Crippen LogP) is 1.17. The van der Waals surface area contributed by atoms with Crippen molar-refractivity contribution < 1.29 is 14.3 Å². The van der Waals surface area contributed by atoms with Crippen LogP contribution in [0.3, 0.4) is 0 Å². The molecule has 3 aliphatic rings. The Labute approximate surface area is 120 Å². The highest BCUT2D eigenvalue weighted by atomic mass is 16.5. The number of piperazine rings is 1. The molecule has 5 heteroatoms. The van der Waals surface area contributed by atoms with E-state index in [1.165, 1.54) is 0 Å². The summed E-state index contributed by atoms with van der Waals surface area (Å²) in [6, 6.07) is -0.301. The van der Waals surface area contributed by atoms with E-state index in [0.717, 1.165) is 45.3 Å². The van der Waals surface area contributed by atoms with Gasteiger partial charge in [0.05, 0.1) is 6.10 Å². The zero-order chi connectivity index (χ0) is 14.3. The Morgan fingerprint density at radius 1 is 1.20 bits per heavy atom. The van der Waals surface area contributed by atoms with Crippen molar-refractivity contribution >= 4 is 11.8 Å². The normalized spacial score (nSPS) is 37.7. The Balaban J connectivity index is 1.71. The fraction of sp³-hybridized carbons (Fsp3) is 0.867. The molecule has 0 radical (unpaired) electrons. The van der Waals surface area contributed by atoms with Crippen molar-refractivity contribution in [3.63, 3.8) is 0 Å². The highest BCUT2D eigenvalue weighted by Crippen LogP contribution is 2.35. The second-order valence-electron chi connectivity index (χ2n) is 6.17. The first kappa shape index (κ1) is 13.9. The van der Waals surface area contributed by atoms with Crippen LogP contribution in [0.4, 0.5) is 0 Å². The van der Waals surface area contributed by atoms with E-state index in [0.29, 0.717) is 0 Å². The average molecular weight is 280 g/mol. The van der Waals surface area contributed by atoms with Gasteiger partial charge in [0.25, 0.3) is 0 Å². The lowest BCUT2D eigenvalue weighted by atomic mass is 9.84. The molecular weight excluding hydrogens is 256 g/mol. The van der Waals surface area contributed by atoms with E-state index in [4.69, 9.17) is 4.74 Å². The largest absolute Gasteiger partial charge is 0.378 e. The zero-order valence-electron chi connectivity index (χ0n) is 12.4. The number of piperidine rings is 1. The predicted molar refractivity (Wildman–Crippen MR) is 74.1 cm³/mol. The molecule has 2 heterocycles. The number of carbonyl (C=O) groups is 2. The Bertz CT molecular complexity index is 406. The molecule has 5 nitrogen and oxygen atoms in total. The maximum Gasteiger partial charge on any atom is 0.246 e. The van der Waals surface area contributed by atoms with E-state index >= 15 is 0 Å². The number of rotatable bonds is 3. The lowest BCUT2D eigenvalue weighted by Gasteiger charge is -2.52. The smallest absolute Gasteiger partial charge is 0.246 e. The van der Waals surface area contributed by atoms with Crippen LogP contribution < -0.4 is 0 Å².